The molecule has 0 fully saturated rings. The number of methoxy groups -OCH3 is 1. The van der Waals surface area contributed by atoms with Crippen LogP contribution in [0.1, 0.15) is 23.6 Å². The molecule has 28 heavy (non-hydrogen) atoms. The fraction of sp³-hybridized carbons (Fsp3) is 0.278. The Hall–Kier alpha value is -2.59. The van der Waals surface area contributed by atoms with E-state index in [0.29, 0.717) is 5.56 Å². The monoisotopic (exact) mass is 417 g/mol. The number of benzene rings is 2. The molecule has 152 valence electrons. The summed E-state index contributed by atoms with van der Waals surface area (Å²) in [6, 6.07) is 9.74. The van der Waals surface area contributed by atoms with Crippen LogP contribution >= 0.6 is 0 Å². The smallest absolute Gasteiger partial charge is 0.469 e. The molecule has 0 aromatic heterocycles. The van der Waals surface area contributed by atoms with E-state index in [1.807, 2.05) is 0 Å². The van der Waals surface area contributed by atoms with E-state index in [2.05, 4.69) is 14.2 Å². The van der Waals surface area contributed by atoms with Crippen LogP contribution in [0.5, 0.6) is 5.75 Å². The quantitative estimate of drug-likeness (QED) is 0.698. The predicted octanol–water partition coefficient (Wildman–Crippen LogP) is 3.48. The number of alkyl halides is 3. The Morgan fingerprint density at radius 1 is 1.11 bits per heavy atom. The first-order valence-corrected chi connectivity index (χ1v) is 9.50. The minimum Gasteiger partial charge on any atom is -0.469 e. The molecule has 0 saturated heterocycles. The summed E-state index contributed by atoms with van der Waals surface area (Å²) >= 11 is 0. The van der Waals surface area contributed by atoms with Gasteiger partial charge in [0.1, 0.15) is 5.75 Å². The number of esters is 1. The summed E-state index contributed by atoms with van der Waals surface area (Å²) in [4.78, 5) is 11.5. The Bertz CT molecular complexity index is 927. The minimum absolute atomic E-state index is 0.254. The summed E-state index contributed by atoms with van der Waals surface area (Å²) in [5.41, 5.74) is 1.33. The summed E-state index contributed by atoms with van der Waals surface area (Å²) in [6.45, 7) is 1.76. The van der Waals surface area contributed by atoms with Gasteiger partial charge in [-0.15, -0.1) is 13.2 Å². The Morgan fingerprint density at radius 3 is 2.25 bits per heavy atom. The largest absolute Gasteiger partial charge is 0.573 e. The van der Waals surface area contributed by atoms with E-state index in [0.717, 1.165) is 29.8 Å². The van der Waals surface area contributed by atoms with E-state index in [9.17, 15) is 26.4 Å². The van der Waals surface area contributed by atoms with E-state index in [-0.39, 0.29) is 11.3 Å². The fourth-order valence-electron chi connectivity index (χ4n) is 2.52. The number of aryl methyl sites for hydroxylation is 1. The fourth-order valence-corrected chi connectivity index (χ4v) is 3.73. The second-order valence-corrected chi connectivity index (χ2v) is 7.54. The van der Waals surface area contributed by atoms with Crippen LogP contribution in [0.2, 0.25) is 0 Å². The van der Waals surface area contributed by atoms with Gasteiger partial charge in [-0.05, 0) is 42.3 Å². The molecule has 6 nitrogen and oxygen atoms in total. The molecule has 2 aromatic rings. The van der Waals surface area contributed by atoms with Gasteiger partial charge in [0.2, 0.25) is 10.0 Å². The lowest BCUT2D eigenvalue weighted by Crippen LogP contribution is -2.31. The van der Waals surface area contributed by atoms with Gasteiger partial charge < -0.3 is 9.47 Å². The first-order chi connectivity index (χ1) is 13.0. The second-order valence-electron chi connectivity index (χ2n) is 5.83. The molecule has 1 atom stereocenters. The van der Waals surface area contributed by atoms with Crippen LogP contribution in [0, 0.1) is 6.92 Å². The SMILES string of the molecule is COC(=O)CC(NS(=O)(=O)c1ccc(OC(F)(F)F)cc1)c1ccccc1C. The normalized spacial score (nSPS) is 13.0. The molecule has 0 heterocycles. The maximum Gasteiger partial charge on any atom is 0.573 e. The van der Waals surface area contributed by atoms with E-state index in [1.165, 1.54) is 7.11 Å². The van der Waals surface area contributed by atoms with Crippen molar-refractivity contribution in [1.82, 2.24) is 4.72 Å². The third-order valence-electron chi connectivity index (χ3n) is 3.83. The van der Waals surface area contributed by atoms with Gasteiger partial charge in [-0.1, -0.05) is 24.3 Å². The van der Waals surface area contributed by atoms with Crippen molar-refractivity contribution in [2.45, 2.75) is 30.6 Å². The number of carbonyl (C=O) groups is 1. The van der Waals surface area contributed by atoms with Crippen LogP contribution in [-0.4, -0.2) is 27.9 Å². The number of carbonyl (C=O) groups excluding carboxylic acids is 1. The Morgan fingerprint density at radius 2 is 1.71 bits per heavy atom. The van der Waals surface area contributed by atoms with Gasteiger partial charge in [-0.2, -0.15) is 0 Å². The topological polar surface area (TPSA) is 81.7 Å². The van der Waals surface area contributed by atoms with Crippen LogP contribution in [0.15, 0.2) is 53.4 Å². The zero-order valence-electron chi connectivity index (χ0n) is 15.0. The summed E-state index contributed by atoms with van der Waals surface area (Å²) < 4.78 is 72.8. The number of ether oxygens (including phenoxy) is 2. The molecule has 0 aliphatic rings. The van der Waals surface area contributed by atoms with Crippen LogP contribution < -0.4 is 9.46 Å². The zero-order valence-corrected chi connectivity index (χ0v) is 15.8. The maximum absolute atomic E-state index is 12.7. The summed E-state index contributed by atoms with van der Waals surface area (Å²) in [5, 5.41) is 0. The van der Waals surface area contributed by atoms with Crippen LogP contribution in [0.25, 0.3) is 0 Å². The second kappa shape index (κ2) is 8.61. The van der Waals surface area contributed by atoms with Crippen LogP contribution in [0.4, 0.5) is 13.2 Å². The Balaban J connectivity index is 2.29. The van der Waals surface area contributed by atoms with Crippen LogP contribution in [-0.2, 0) is 19.6 Å². The molecule has 0 radical (unpaired) electrons. The van der Waals surface area contributed by atoms with Gasteiger partial charge in [0, 0.05) is 0 Å². The molecule has 2 rings (SSSR count). The van der Waals surface area contributed by atoms with Crippen molar-refractivity contribution in [3.8, 4) is 5.75 Å². The third-order valence-corrected chi connectivity index (χ3v) is 5.31. The summed E-state index contributed by atoms with van der Waals surface area (Å²) in [7, 11) is -2.95. The van der Waals surface area contributed by atoms with Gasteiger partial charge in [-0.3, -0.25) is 4.79 Å². The van der Waals surface area contributed by atoms with Crippen LogP contribution in [0.3, 0.4) is 0 Å². The molecule has 2 aromatic carbocycles. The number of halogens is 3. The van der Waals surface area contributed by atoms with E-state index >= 15 is 0 Å². The number of rotatable bonds is 7. The first kappa shape index (κ1) is 21.7. The third kappa shape index (κ3) is 5.96. The van der Waals surface area contributed by atoms with Crippen molar-refractivity contribution in [1.29, 1.82) is 0 Å². The lowest BCUT2D eigenvalue weighted by Gasteiger charge is -2.20. The number of hydrogen-bond donors (Lipinski definition) is 1. The average molecular weight is 417 g/mol. The number of nitrogens with one attached hydrogen (secondary N) is 1. The molecule has 0 bridgehead atoms. The highest BCUT2D eigenvalue weighted by Crippen LogP contribution is 2.26. The van der Waals surface area contributed by atoms with Gasteiger partial charge in [0.15, 0.2) is 0 Å². The first-order valence-electron chi connectivity index (χ1n) is 8.02. The van der Waals surface area contributed by atoms with Crippen molar-refractivity contribution in [3.05, 3.63) is 59.7 Å². The molecule has 0 saturated carbocycles. The Kier molecular flexibility index (Phi) is 6.68. The Labute approximate surface area is 160 Å². The lowest BCUT2D eigenvalue weighted by atomic mass is 10.00. The van der Waals surface area contributed by atoms with Crippen molar-refractivity contribution in [2.75, 3.05) is 7.11 Å². The summed E-state index contributed by atoms with van der Waals surface area (Å²) in [6.07, 6.45) is -5.13. The van der Waals surface area contributed by atoms with Gasteiger partial charge >= 0.3 is 12.3 Å². The predicted molar refractivity (Wildman–Crippen MR) is 94.0 cm³/mol. The average Bonchev–Trinajstić information content (AvgIpc) is 2.60. The van der Waals surface area contributed by atoms with Crippen molar-refractivity contribution in [3.63, 3.8) is 0 Å². The van der Waals surface area contributed by atoms with Crippen molar-refractivity contribution < 1.29 is 35.9 Å². The number of hydrogen-bond acceptors (Lipinski definition) is 5. The highest BCUT2D eigenvalue weighted by atomic mass is 32.2. The molecule has 0 aliphatic heterocycles. The van der Waals surface area contributed by atoms with E-state index in [4.69, 9.17) is 0 Å². The molecular weight excluding hydrogens is 399 g/mol. The van der Waals surface area contributed by atoms with Gasteiger partial charge in [0.05, 0.1) is 24.5 Å². The summed E-state index contributed by atoms with van der Waals surface area (Å²) in [5.74, 6) is -1.17. The zero-order chi connectivity index (χ0) is 20.9. The van der Waals surface area contributed by atoms with Gasteiger partial charge in [0.25, 0.3) is 0 Å². The highest BCUT2D eigenvalue weighted by Gasteiger charge is 2.31. The molecule has 0 spiro atoms. The minimum atomic E-state index is -4.88. The van der Waals surface area contributed by atoms with Crippen molar-refractivity contribution in [2.24, 2.45) is 0 Å². The van der Waals surface area contributed by atoms with E-state index < -0.39 is 34.1 Å². The molecule has 0 aliphatic carbocycles. The molecule has 1 N–H and O–H groups in total. The highest BCUT2D eigenvalue weighted by molar-refractivity contribution is 7.89. The molecule has 0 amide bonds. The lowest BCUT2D eigenvalue weighted by molar-refractivity contribution is -0.274. The van der Waals surface area contributed by atoms with Gasteiger partial charge in [-0.25, -0.2) is 13.1 Å². The molecular formula is C18H18F3NO5S. The van der Waals surface area contributed by atoms with Crippen molar-refractivity contribution >= 4 is 16.0 Å². The number of sulfonamides is 1. The molecule has 10 heteroatoms. The van der Waals surface area contributed by atoms with E-state index in [1.54, 1.807) is 31.2 Å². The standard InChI is InChI=1S/C18H18F3NO5S/c1-12-5-3-4-6-15(12)16(11-17(23)26-2)22-28(24,25)14-9-7-13(8-10-14)27-18(19,20)21/h3-10,16,22H,11H2,1-2H3. The maximum atomic E-state index is 12.7. The molecule has 1 unspecified atom stereocenters.